The van der Waals surface area contributed by atoms with E-state index in [1.165, 1.54) is 12.1 Å². The number of benzene rings is 2. The zero-order chi connectivity index (χ0) is 26.4. The molecule has 0 unspecified atom stereocenters. The molecule has 0 saturated heterocycles. The van der Waals surface area contributed by atoms with E-state index in [9.17, 15) is 23.6 Å². The third-order valence-corrected chi connectivity index (χ3v) is 5.66. The van der Waals surface area contributed by atoms with E-state index in [0.29, 0.717) is 16.8 Å². The maximum absolute atomic E-state index is 13.9. The van der Waals surface area contributed by atoms with Gasteiger partial charge in [0.15, 0.2) is 0 Å². The molecule has 3 aromatic rings. The Kier molecular flexibility index (Phi) is 8.17. The third-order valence-electron chi connectivity index (χ3n) is 4.90. The Morgan fingerprint density at radius 3 is 2.44 bits per heavy atom. The number of carbonyl (C=O) groups is 4. The summed E-state index contributed by atoms with van der Waals surface area (Å²) in [5, 5.41) is 18.7. The SMILES string of the molecule is Cc1ccc(F)c(NC(=O)Nc2ccc(-c3nsc(NC(=O)NCCC(=O)O)c3C(N)=O)c(C)c2)c1. The molecule has 36 heavy (non-hydrogen) atoms. The number of aryl methyl sites for hydroxylation is 2. The summed E-state index contributed by atoms with van der Waals surface area (Å²) in [5.41, 5.74) is 8.18. The predicted molar refractivity (Wildman–Crippen MR) is 134 cm³/mol. The van der Waals surface area contributed by atoms with Gasteiger partial charge < -0.3 is 26.8 Å². The Bertz CT molecular complexity index is 1340. The molecule has 188 valence electrons. The highest BCUT2D eigenvalue weighted by molar-refractivity contribution is 7.11. The van der Waals surface area contributed by atoms with E-state index in [-0.39, 0.29) is 34.9 Å². The van der Waals surface area contributed by atoms with Gasteiger partial charge in [0, 0.05) is 17.8 Å². The molecule has 0 radical (unpaired) electrons. The van der Waals surface area contributed by atoms with Gasteiger partial charge in [0.05, 0.1) is 17.8 Å². The number of hydrogen-bond donors (Lipinski definition) is 6. The monoisotopic (exact) mass is 514 g/mol. The fourth-order valence-corrected chi connectivity index (χ4v) is 4.04. The summed E-state index contributed by atoms with van der Waals surface area (Å²) in [6.45, 7) is 3.40. The second kappa shape index (κ2) is 11.3. The van der Waals surface area contributed by atoms with Crippen molar-refractivity contribution in [3.8, 4) is 11.3 Å². The topological polar surface area (TPSA) is 176 Å². The van der Waals surface area contributed by atoms with Crippen molar-refractivity contribution in [1.82, 2.24) is 9.69 Å². The first-order valence-corrected chi connectivity index (χ1v) is 11.3. The molecule has 0 bridgehead atoms. The van der Waals surface area contributed by atoms with Crippen molar-refractivity contribution in [2.45, 2.75) is 20.3 Å². The Labute approximate surface area is 209 Å². The summed E-state index contributed by atoms with van der Waals surface area (Å²) in [5.74, 6) is -2.45. The molecule has 3 rings (SSSR count). The van der Waals surface area contributed by atoms with Gasteiger partial charge in [-0.25, -0.2) is 14.0 Å². The molecule has 0 fully saturated rings. The number of urea groups is 2. The third kappa shape index (κ3) is 6.54. The van der Waals surface area contributed by atoms with Crippen molar-refractivity contribution in [2.24, 2.45) is 5.73 Å². The molecule has 11 nitrogen and oxygen atoms in total. The first-order valence-electron chi connectivity index (χ1n) is 10.6. The normalized spacial score (nSPS) is 10.4. The molecular weight excluding hydrogens is 491 g/mol. The Morgan fingerprint density at radius 1 is 1.03 bits per heavy atom. The quantitative estimate of drug-likeness (QED) is 0.266. The molecule has 0 aliphatic carbocycles. The van der Waals surface area contributed by atoms with Crippen LogP contribution in [0.25, 0.3) is 11.3 Å². The van der Waals surface area contributed by atoms with Gasteiger partial charge in [0.2, 0.25) is 0 Å². The lowest BCUT2D eigenvalue weighted by atomic mass is 10.0. The molecule has 0 atom stereocenters. The number of anilines is 3. The summed E-state index contributed by atoms with van der Waals surface area (Å²) >= 11 is 0.840. The van der Waals surface area contributed by atoms with Crippen molar-refractivity contribution in [1.29, 1.82) is 0 Å². The molecule has 1 heterocycles. The summed E-state index contributed by atoms with van der Waals surface area (Å²) in [6, 6.07) is 7.84. The van der Waals surface area contributed by atoms with Gasteiger partial charge in [0.1, 0.15) is 16.4 Å². The van der Waals surface area contributed by atoms with E-state index in [1.807, 2.05) is 0 Å². The minimum Gasteiger partial charge on any atom is -0.481 e. The van der Waals surface area contributed by atoms with E-state index < -0.39 is 29.8 Å². The number of nitrogens with zero attached hydrogens (tertiary/aromatic N) is 1. The van der Waals surface area contributed by atoms with Crippen LogP contribution in [0.3, 0.4) is 0 Å². The molecular formula is C23H23FN6O5S. The van der Waals surface area contributed by atoms with E-state index in [4.69, 9.17) is 10.8 Å². The number of primary amides is 1. The summed E-state index contributed by atoms with van der Waals surface area (Å²) in [7, 11) is 0. The molecule has 1 aromatic heterocycles. The second-order valence-electron chi connectivity index (χ2n) is 7.72. The van der Waals surface area contributed by atoms with Gasteiger partial charge in [-0.2, -0.15) is 4.37 Å². The van der Waals surface area contributed by atoms with Crippen LogP contribution >= 0.6 is 11.5 Å². The number of carbonyl (C=O) groups excluding carboxylic acids is 3. The molecule has 0 spiro atoms. The average molecular weight is 515 g/mol. The molecule has 5 amide bonds. The highest BCUT2D eigenvalue weighted by Gasteiger charge is 2.23. The number of aliphatic carboxylic acids is 1. The number of carboxylic acids is 1. The van der Waals surface area contributed by atoms with Crippen LogP contribution in [0.4, 0.5) is 30.4 Å². The Balaban J connectivity index is 1.76. The second-order valence-corrected chi connectivity index (χ2v) is 8.49. The van der Waals surface area contributed by atoms with Crippen LogP contribution in [0.15, 0.2) is 36.4 Å². The van der Waals surface area contributed by atoms with Crippen molar-refractivity contribution < 1.29 is 28.7 Å². The summed E-state index contributed by atoms with van der Waals surface area (Å²) in [6.07, 6.45) is -0.262. The lowest BCUT2D eigenvalue weighted by Gasteiger charge is -2.12. The summed E-state index contributed by atoms with van der Waals surface area (Å²) < 4.78 is 18.2. The molecule has 7 N–H and O–H groups in total. The minimum absolute atomic E-state index is 0.00939. The number of halogens is 1. The largest absolute Gasteiger partial charge is 0.481 e. The first-order chi connectivity index (χ1) is 17.0. The van der Waals surface area contributed by atoms with Crippen LogP contribution in [0.1, 0.15) is 27.9 Å². The Morgan fingerprint density at radius 2 is 1.78 bits per heavy atom. The zero-order valence-electron chi connectivity index (χ0n) is 19.3. The highest BCUT2D eigenvalue weighted by Crippen LogP contribution is 2.34. The zero-order valence-corrected chi connectivity index (χ0v) is 20.1. The van der Waals surface area contributed by atoms with E-state index in [1.54, 1.807) is 38.1 Å². The standard InChI is InChI=1S/C23H23FN6O5S/c1-11-3-6-15(24)16(9-11)28-23(35)27-13-4-5-14(12(2)10-13)19-18(20(25)33)21(36-30-19)29-22(34)26-8-7-17(31)32/h3-6,9-10H,7-8H2,1-2H3,(H2,25,33)(H,31,32)(H2,26,29,34)(H2,27,28,35). The van der Waals surface area contributed by atoms with Gasteiger partial charge in [-0.1, -0.05) is 12.1 Å². The maximum Gasteiger partial charge on any atom is 0.323 e. The number of amides is 5. The van der Waals surface area contributed by atoms with Gasteiger partial charge >= 0.3 is 18.0 Å². The van der Waals surface area contributed by atoms with Crippen LogP contribution in [0, 0.1) is 19.7 Å². The lowest BCUT2D eigenvalue weighted by Crippen LogP contribution is -2.31. The van der Waals surface area contributed by atoms with Crippen molar-refractivity contribution >= 4 is 51.8 Å². The van der Waals surface area contributed by atoms with Crippen molar-refractivity contribution in [3.63, 3.8) is 0 Å². The number of nitrogens with two attached hydrogens (primary N) is 1. The van der Waals surface area contributed by atoms with Crippen LogP contribution in [-0.4, -0.2) is 40.0 Å². The van der Waals surface area contributed by atoms with Crippen molar-refractivity contribution in [2.75, 3.05) is 22.5 Å². The fourth-order valence-electron chi connectivity index (χ4n) is 3.24. The van der Waals surface area contributed by atoms with Gasteiger partial charge in [-0.3, -0.25) is 14.9 Å². The first kappa shape index (κ1) is 26.1. The molecule has 0 aliphatic heterocycles. The van der Waals surface area contributed by atoms with Crippen LogP contribution in [0.5, 0.6) is 0 Å². The number of carboxylic acid groups (broad SMARTS) is 1. The van der Waals surface area contributed by atoms with Gasteiger partial charge in [-0.15, -0.1) is 0 Å². The minimum atomic E-state index is -1.07. The number of nitrogens with one attached hydrogen (secondary N) is 4. The van der Waals surface area contributed by atoms with Gasteiger partial charge in [0.25, 0.3) is 5.91 Å². The predicted octanol–water partition coefficient (Wildman–Crippen LogP) is 3.91. The molecule has 0 saturated carbocycles. The van der Waals surface area contributed by atoms with Gasteiger partial charge in [-0.05, 0) is 60.8 Å². The number of rotatable bonds is 8. The molecule has 13 heteroatoms. The molecule has 2 aromatic carbocycles. The molecule has 0 aliphatic rings. The van der Waals surface area contributed by atoms with Crippen LogP contribution in [0.2, 0.25) is 0 Å². The number of hydrogen-bond acceptors (Lipinski definition) is 6. The van der Waals surface area contributed by atoms with E-state index >= 15 is 0 Å². The number of aromatic nitrogens is 1. The smallest absolute Gasteiger partial charge is 0.323 e. The van der Waals surface area contributed by atoms with Crippen LogP contribution < -0.4 is 27.0 Å². The highest BCUT2D eigenvalue weighted by atomic mass is 32.1. The summed E-state index contributed by atoms with van der Waals surface area (Å²) in [4.78, 5) is 47.1. The fraction of sp³-hybridized carbons (Fsp3) is 0.174. The van der Waals surface area contributed by atoms with Crippen molar-refractivity contribution in [3.05, 3.63) is 58.9 Å². The maximum atomic E-state index is 13.9. The van der Waals surface area contributed by atoms with E-state index in [2.05, 4.69) is 25.6 Å². The van der Waals surface area contributed by atoms with E-state index in [0.717, 1.165) is 17.1 Å². The Hall–Kier alpha value is -4.52. The lowest BCUT2D eigenvalue weighted by molar-refractivity contribution is -0.136. The average Bonchev–Trinajstić information content (AvgIpc) is 3.19. The van der Waals surface area contributed by atoms with Crippen LogP contribution in [-0.2, 0) is 4.79 Å².